The minimum absolute atomic E-state index is 0.194. The van der Waals surface area contributed by atoms with Gasteiger partial charge in [-0.3, -0.25) is 0 Å². The van der Waals surface area contributed by atoms with Crippen molar-refractivity contribution in [1.29, 1.82) is 0 Å². The third kappa shape index (κ3) is 4.58. The average molecular weight is 218 g/mol. The molecule has 0 spiro atoms. The summed E-state index contributed by atoms with van der Waals surface area (Å²) in [5, 5.41) is 9.92. The monoisotopic (exact) mass is 218 g/mol. The second-order valence-electron chi connectivity index (χ2n) is 4.91. The molecule has 0 rings (SSSR count). The fourth-order valence-electron chi connectivity index (χ4n) is 1.72. The van der Waals surface area contributed by atoms with Crippen LogP contribution in [0.15, 0.2) is 0 Å². The van der Waals surface area contributed by atoms with E-state index >= 15 is 0 Å². The van der Waals surface area contributed by atoms with Gasteiger partial charge in [0.05, 0.1) is 6.10 Å². The molecule has 0 bridgehead atoms. The summed E-state index contributed by atoms with van der Waals surface area (Å²) in [5.74, 6) is 0. The first-order chi connectivity index (χ1) is 6.31. The Bertz CT molecular complexity index is 157. The number of rotatable bonds is 6. The molecule has 2 nitrogen and oxygen atoms in total. The standard InChI is InChI=1S/C11H26O2Si/c1-7-8-11(12)10(4)14(5,6)13-9(2)3/h9-12H,7-8H2,1-6H3/t10-,11+/m1/s1. The van der Waals surface area contributed by atoms with Gasteiger partial charge in [0.1, 0.15) is 0 Å². The van der Waals surface area contributed by atoms with Gasteiger partial charge < -0.3 is 9.53 Å². The maximum Gasteiger partial charge on any atom is 0.192 e. The summed E-state index contributed by atoms with van der Waals surface area (Å²) >= 11 is 0. The van der Waals surface area contributed by atoms with Crippen LogP contribution in [0, 0.1) is 0 Å². The third-order valence-electron chi connectivity index (χ3n) is 2.80. The minimum atomic E-state index is -1.72. The van der Waals surface area contributed by atoms with E-state index in [1.165, 1.54) is 0 Å². The van der Waals surface area contributed by atoms with E-state index in [2.05, 4.69) is 40.8 Å². The number of aliphatic hydroxyl groups is 1. The molecular weight excluding hydrogens is 192 g/mol. The molecule has 0 aromatic carbocycles. The van der Waals surface area contributed by atoms with Gasteiger partial charge in [0.2, 0.25) is 0 Å². The quantitative estimate of drug-likeness (QED) is 0.694. The van der Waals surface area contributed by atoms with Crippen LogP contribution in [-0.4, -0.2) is 25.6 Å². The summed E-state index contributed by atoms with van der Waals surface area (Å²) in [6.07, 6.45) is 2.00. The smallest absolute Gasteiger partial charge is 0.192 e. The van der Waals surface area contributed by atoms with Crippen molar-refractivity contribution >= 4 is 8.32 Å². The van der Waals surface area contributed by atoms with Crippen molar-refractivity contribution in [2.45, 2.75) is 71.4 Å². The van der Waals surface area contributed by atoms with E-state index in [-0.39, 0.29) is 12.2 Å². The van der Waals surface area contributed by atoms with Crippen molar-refractivity contribution in [2.75, 3.05) is 0 Å². The van der Waals surface area contributed by atoms with Gasteiger partial charge in [-0.05, 0) is 33.4 Å². The fraction of sp³-hybridized carbons (Fsp3) is 1.00. The molecule has 0 fully saturated rings. The first-order valence-electron chi connectivity index (χ1n) is 5.67. The lowest BCUT2D eigenvalue weighted by molar-refractivity contribution is 0.138. The van der Waals surface area contributed by atoms with Crippen LogP contribution in [0.3, 0.4) is 0 Å². The van der Waals surface area contributed by atoms with Crippen LogP contribution < -0.4 is 0 Å². The first kappa shape index (κ1) is 14.1. The van der Waals surface area contributed by atoms with Crippen LogP contribution in [0.1, 0.15) is 40.5 Å². The lowest BCUT2D eigenvalue weighted by Gasteiger charge is -2.34. The summed E-state index contributed by atoms with van der Waals surface area (Å²) in [4.78, 5) is 0. The maximum atomic E-state index is 9.92. The summed E-state index contributed by atoms with van der Waals surface area (Å²) in [5.41, 5.74) is 0.310. The van der Waals surface area contributed by atoms with Crippen LogP contribution in [-0.2, 0) is 4.43 Å². The molecule has 0 saturated heterocycles. The van der Waals surface area contributed by atoms with E-state index in [1.54, 1.807) is 0 Å². The van der Waals surface area contributed by atoms with Gasteiger partial charge in [0, 0.05) is 11.6 Å². The van der Waals surface area contributed by atoms with E-state index in [0.29, 0.717) is 5.54 Å². The largest absolute Gasteiger partial charge is 0.415 e. The van der Waals surface area contributed by atoms with Crippen molar-refractivity contribution in [1.82, 2.24) is 0 Å². The molecule has 0 saturated carbocycles. The van der Waals surface area contributed by atoms with Gasteiger partial charge in [-0.1, -0.05) is 20.3 Å². The predicted octanol–water partition coefficient (Wildman–Crippen LogP) is 3.17. The van der Waals surface area contributed by atoms with E-state index in [1.807, 2.05) is 0 Å². The molecule has 0 aliphatic heterocycles. The highest BCUT2D eigenvalue weighted by Crippen LogP contribution is 2.29. The van der Waals surface area contributed by atoms with Crippen molar-refractivity contribution in [2.24, 2.45) is 0 Å². The summed E-state index contributed by atoms with van der Waals surface area (Å²) in [7, 11) is -1.72. The Morgan fingerprint density at radius 3 is 2.07 bits per heavy atom. The highest BCUT2D eigenvalue weighted by molar-refractivity contribution is 6.72. The SMILES string of the molecule is CCC[C@H](O)[C@@H](C)[Si](C)(C)OC(C)C. The first-order valence-corrected chi connectivity index (χ1v) is 8.65. The molecule has 0 radical (unpaired) electrons. The predicted molar refractivity (Wildman–Crippen MR) is 64.0 cm³/mol. The molecule has 86 valence electrons. The zero-order valence-corrected chi connectivity index (χ0v) is 11.5. The number of hydrogen-bond donors (Lipinski definition) is 1. The lowest BCUT2D eigenvalue weighted by atomic mass is 10.1. The highest BCUT2D eigenvalue weighted by atomic mass is 28.4. The van der Waals surface area contributed by atoms with Crippen molar-refractivity contribution in [3.05, 3.63) is 0 Å². The lowest BCUT2D eigenvalue weighted by Crippen LogP contribution is -2.42. The van der Waals surface area contributed by atoms with Crippen LogP contribution in [0.25, 0.3) is 0 Å². The van der Waals surface area contributed by atoms with Gasteiger partial charge in [-0.2, -0.15) is 0 Å². The van der Waals surface area contributed by atoms with E-state index < -0.39 is 8.32 Å². The van der Waals surface area contributed by atoms with E-state index in [9.17, 15) is 5.11 Å². The van der Waals surface area contributed by atoms with Crippen LogP contribution in [0.2, 0.25) is 18.6 Å². The fourth-order valence-corrected chi connectivity index (χ4v) is 4.25. The topological polar surface area (TPSA) is 29.5 Å². The molecule has 0 heterocycles. The Balaban J connectivity index is 4.25. The van der Waals surface area contributed by atoms with Crippen LogP contribution in [0.4, 0.5) is 0 Å². The summed E-state index contributed by atoms with van der Waals surface area (Å²) in [6, 6.07) is 0. The molecular formula is C11H26O2Si. The molecule has 1 N–H and O–H groups in total. The molecule has 0 aliphatic carbocycles. The average Bonchev–Trinajstić information content (AvgIpc) is 2.01. The molecule has 2 atom stereocenters. The van der Waals surface area contributed by atoms with Gasteiger partial charge in [0.25, 0.3) is 0 Å². The molecule has 0 unspecified atom stereocenters. The minimum Gasteiger partial charge on any atom is -0.415 e. The summed E-state index contributed by atoms with van der Waals surface area (Å²) in [6.45, 7) is 12.7. The Labute approximate surface area is 89.8 Å². The van der Waals surface area contributed by atoms with Gasteiger partial charge in [0.15, 0.2) is 8.32 Å². The van der Waals surface area contributed by atoms with E-state index in [0.717, 1.165) is 12.8 Å². The molecule has 14 heavy (non-hydrogen) atoms. The molecule has 3 heteroatoms. The Morgan fingerprint density at radius 2 is 1.71 bits per heavy atom. The van der Waals surface area contributed by atoms with Crippen molar-refractivity contribution in [3.8, 4) is 0 Å². The van der Waals surface area contributed by atoms with Crippen LogP contribution in [0.5, 0.6) is 0 Å². The maximum absolute atomic E-state index is 9.92. The van der Waals surface area contributed by atoms with Crippen molar-refractivity contribution < 1.29 is 9.53 Å². The van der Waals surface area contributed by atoms with Gasteiger partial charge in [-0.15, -0.1) is 0 Å². The Morgan fingerprint density at radius 1 is 1.21 bits per heavy atom. The number of hydrogen-bond acceptors (Lipinski definition) is 2. The third-order valence-corrected chi connectivity index (χ3v) is 6.45. The highest BCUT2D eigenvalue weighted by Gasteiger charge is 2.35. The number of aliphatic hydroxyl groups excluding tert-OH is 1. The second-order valence-corrected chi connectivity index (χ2v) is 9.27. The Hall–Kier alpha value is 0.137. The van der Waals surface area contributed by atoms with Crippen molar-refractivity contribution in [3.63, 3.8) is 0 Å². The van der Waals surface area contributed by atoms with E-state index in [4.69, 9.17) is 4.43 Å². The zero-order chi connectivity index (χ0) is 11.4. The molecule has 0 aliphatic rings. The summed E-state index contributed by atoms with van der Waals surface area (Å²) < 4.78 is 5.95. The second kappa shape index (κ2) is 5.88. The Kier molecular flexibility index (Phi) is 5.94. The van der Waals surface area contributed by atoms with Crippen LogP contribution >= 0.6 is 0 Å². The van der Waals surface area contributed by atoms with Gasteiger partial charge in [-0.25, -0.2) is 0 Å². The molecule has 0 aromatic heterocycles. The zero-order valence-electron chi connectivity index (χ0n) is 10.5. The molecule has 0 aromatic rings. The van der Waals surface area contributed by atoms with Gasteiger partial charge >= 0.3 is 0 Å². The molecule has 0 amide bonds. The normalized spacial score (nSPS) is 17.1.